The number of nitrogens with zero attached hydrogens (tertiary/aromatic N) is 1. The Hall–Kier alpha value is -2.94. The van der Waals surface area contributed by atoms with Crippen LogP contribution in [0.3, 0.4) is 0 Å². The molecule has 0 radical (unpaired) electrons. The maximum absolute atomic E-state index is 12.5. The molecule has 1 aromatic heterocycles. The van der Waals surface area contributed by atoms with Crippen molar-refractivity contribution in [2.24, 2.45) is 5.92 Å². The number of aliphatic hydroxyl groups excluding tert-OH is 1. The second kappa shape index (κ2) is 8.93. The molecule has 5 rings (SSSR count). The van der Waals surface area contributed by atoms with Gasteiger partial charge in [0.1, 0.15) is 23.3 Å². The number of carboxylic acid groups (broad SMARTS) is 1. The highest BCUT2D eigenvalue weighted by Gasteiger charge is 2.78. The lowest BCUT2D eigenvalue weighted by atomic mass is 9.71. The molecular formula is C27H26BrNO6. The highest BCUT2D eigenvalue weighted by Crippen LogP contribution is 2.68. The number of halogens is 1. The third kappa shape index (κ3) is 3.46. The van der Waals surface area contributed by atoms with Crippen LogP contribution >= 0.6 is 15.9 Å². The Balaban J connectivity index is 1.75. The molecule has 1 aliphatic carbocycles. The number of rotatable bonds is 7. The van der Waals surface area contributed by atoms with E-state index in [1.165, 1.54) is 6.20 Å². The van der Waals surface area contributed by atoms with Crippen LogP contribution in [0.1, 0.15) is 42.5 Å². The van der Waals surface area contributed by atoms with Gasteiger partial charge in [-0.25, -0.2) is 0 Å². The second-order valence-corrected chi connectivity index (χ2v) is 9.94. The molecule has 1 saturated carbocycles. The van der Waals surface area contributed by atoms with E-state index in [2.05, 4.69) is 27.8 Å². The van der Waals surface area contributed by atoms with Crippen molar-refractivity contribution in [2.75, 3.05) is 6.61 Å². The Bertz CT molecular complexity index is 1240. The zero-order valence-corrected chi connectivity index (χ0v) is 20.7. The molecule has 182 valence electrons. The summed E-state index contributed by atoms with van der Waals surface area (Å²) in [6.07, 6.45) is 1.64. The lowest BCUT2D eigenvalue weighted by Crippen LogP contribution is -2.52. The lowest BCUT2D eigenvalue weighted by Gasteiger charge is -2.40. The number of aliphatic hydroxyl groups is 2. The summed E-state index contributed by atoms with van der Waals surface area (Å²) >= 11 is 3.44. The van der Waals surface area contributed by atoms with E-state index in [0.717, 1.165) is 17.3 Å². The molecule has 7 nitrogen and oxygen atoms in total. The summed E-state index contributed by atoms with van der Waals surface area (Å²) < 4.78 is 13.2. The highest BCUT2D eigenvalue weighted by atomic mass is 79.9. The van der Waals surface area contributed by atoms with Gasteiger partial charge in [0.15, 0.2) is 11.2 Å². The van der Waals surface area contributed by atoms with E-state index in [1.807, 2.05) is 6.07 Å². The molecule has 35 heavy (non-hydrogen) atoms. The van der Waals surface area contributed by atoms with Gasteiger partial charge in [-0.1, -0.05) is 71.7 Å². The van der Waals surface area contributed by atoms with Crippen molar-refractivity contribution in [3.63, 3.8) is 0 Å². The van der Waals surface area contributed by atoms with Crippen LogP contribution in [0.5, 0.6) is 11.5 Å². The van der Waals surface area contributed by atoms with Crippen molar-refractivity contribution < 1.29 is 29.6 Å². The van der Waals surface area contributed by atoms with Crippen LogP contribution in [-0.4, -0.2) is 39.0 Å². The van der Waals surface area contributed by atoms with Crippen molar-refractivity contribution >= 4 is 21.9 Å². The lowest BCUT2D eigenvalue weighted by molar-refractivity contribution is -0.160. The van der Waals surface area contributed by atoms with Crippen molar-refractivity contribution in [1.29, 1.82) is 0 Å². The Labute approximate surface area is 211 Å². The zero-order chi connectivity index (χ0) is 24.8. The summed E-state index contributed by atoms with van der Waals surface area (Å²) in [6.45, 7) is 2.57. The molecule has 0 spiro atoms. The molecule has 8 heteroatoms. The first-order valence-corrected chi connectivity index (χ1v) is 12.4. The molecule has 0 saturated heterocycles. The van der Waals surface area contributed by atoms with Gasteiger partial charge in [-0.2, -0.15) is 0 Å². The van der Waals surface area contributed by atoms with Gasteiger partial charge in [0, 0.05) is 16.5 Å². The largest absolute Gasteiger partial charge is 0.492 e. The minimum absolute atomic E-state index is 0.0976. The number of pyridine rings is 1. The molecule has 3 N–H and O–H groups in total. The van der Waals surface area contributed by atoms with E-state index in [-0.39, 0.29) is 11.4 Å². The number of carbonyl (C=O) groups is 1. The minimum Gasteiger partial charge on any atom is -0.492 e. The van der Waals surface area contributed by atoms with Crippen LogP contribution < -0.4 is 9.47 Å². The fraction of sp³-hybridized carbons (Fsp3) is 0.333. The first-order valence-electron chi connectivity index (χ1n) is 11.6. The van der Waals surface area contributed by atoms with Crippen LogP contribution in [0.4, 0.5) is 0 Å². The van der Waals surface area contributed by atoms with Crippen LogP contribution in [0.15, 0.2) is 71.3 Å². The average Bonchev–Trinajstić information content (AvgIpc) is 3.23. The summed E-state index contributed by atoms with van der Waals surface area (Å²) in [5, 5.41) is 34.1. The molecule has 2 aromatic carbocycles. The third-order valence-electron chi connectivity index (χ3n) is 7.07. The fourth-order valence-electron chi connectivity index (χ4n) is 5.52. The quantitative estimate of drug-likeness (QED) is 0.382. The molecule has 0 bridgehead atoms. The van der Waals surface area contributed by atoms with Gasteiger partial charge in [-0.3, -0.25) is 9.78 Å². The molecule has 2 heterocycles. The van der Waals surface area contributed by atoms with E-state index < -0.39 is 35.1 Å². The van der Waals surface area contributed by atoms with Gasteiger partial charge in [0.25, 0.3) is 0 Å². The molecule has 1 fully saturated rings. The van der Waals surface area contributed by atoms with Gasteiger partial charge in [0.2, 0.25) is 0 Å². The first kappa shape index (κ1) is 23.8. The molecule has 5 atom stereocenters. The number of unbranched alkanes of at least 4 members (excludes halogenated alkanes) is 1. The van der Waals surface area contributed by atoms with Crippen molar-refractivity contribution in [2.45, 2.75) is 43.0 Å². The summed E-state index contributed by atoms with van der Waals surface area (Å²) in [5.41, 5.74) is -2.51. The van der Waals surface area contributed by atoms with Gasteiger partial charge in [-0.15, -0.1) is 0 Å². The van der Waals surface area contributed by atoms with Gasteiger partial charge < -0.3 is 24.8 Å². The Morgan fingerprint density at radius 1 is 1.17 bits per heavy atom. The maximum atomic E-state index is 12.5. The first-order chi connectivity index (χ1) is 16.8. The predicted molar refractivity (Wildman–Crippen MR) is 131 cm³/mol. The molecule has 3 aromatic rings. The summed E-state index contributed by atoms with van der Waals surface area (Å²) in [7, 11) is 0. The van der Waals surface area contributed by atoms with Gasteiger partial charge >= 0.3 is 5.97 Å². The van der Waals surface area contributed by atoms with Crippen molar-refractivity contribution in [3.05, 3.63) is 88.2 Å². The molecule has 1 aliphatic heterocycles. The van der Waals surface area contributed by atoms with Gasteiger partial charge in [-0.05, 0) is 29.7 Å². The summed E-state index contributed by atoms with van der Waals surface area (Å²) in [5.74, 6) is -2.75. The third-order valence-corrected chi connectivity index (χ3v) is 7.60. The minimum atomic E-state index is -2.12. The molecule has 0 unspecified atom stereocenters. The number of hydrogen-bond acceptors (Lipinski definition) is 6. The summed E-state index contributed by atoms with van der Waals surface area (Å²) in [6, 6.07) is 17.8. The highest BCUT2D eigenvalue weighted by molar-refractivity contribution is 9.10. The van der Waals surface area contributed by atoms with Crippen molar-refractivity contribution in [1.82, 2.24) is 4.98 Å². The summed E-state index contributed by atoms with van der Waals surface area (Å²) in [4.78, 5) is 17.0. The number of aliphatic carboxylic acids is 1. The van der Waals surface area contributed by atoms with Crippen LogP contribution in [0, 0.1) is 5.92 Å². The predicted octanol–water partition coefficient (Wildman–Crippen LogP) is 4.36. The average molecular weight is 540 g/mol. The van der Waals surface area contributed by atoms with Crippen LogP contribution in [-0.2, 0) is 16.0 Å². The van der Waals surface area contributed by atoms with Crippen LogP contribution in [0.2, 0.25) is 0 Å². The number of fused-ring (bicyclic) bond motifs is 3. The molecule has 2 aliphatic rings. The SMILES string of the molecule is CCCCOc1cnc2c(c1)O[C@@]1(c3ccc(Br)cc3)[C@H](c3ccccc3)[C@@H](C(=O)O)[C@@H](O)[C@@]21O. The van der Waals surface area contributed by atoms with Crippen LogP contribution in [0.25, 0.3) is 0 Å². The second-order valence-electron chi connectivity index (χ2n) is 9.03. The standard InChI is InChI=1S/C27H26BrNO6/c1-2-3-13-34-19-14-20-23(29-15-19)26(33)24(30)21(25(31)32)22(16-7-5-4-6-8-16)27(26,35-20)17-9-11-18(28)12-10-17/h4-12,14-15,21-22,24,30,33H,2-3,13H2,1H3,(H,31,32)/t21-,22-,24-,26+,27+/m1/s1. The van der Waals surface area contributed by atoms with E-state index in [0.29, 0.717) is 23.5 Å². The molecular weight excluding hydrogens is 514 g/mol. The van der Waals surface area contributed by atoms with E-state index >= 15 is 0 Å². The number of benzene rings is 2. The monoisotopic (exact) mass is 539 g/mol. The van der Waals surface area contributed by atoms with E-state index in [1.54, 1.807) is 54.6 Å². The zero-order valence-electron chi connectivity index (χ0n) is 19.1. The van der Waals surface area contributed by atoms with E-state index in [9.17, 15) is 20.1 Å². The van der Waals surface area contributed by atoms with E-state index in [4.69, 9.17) is 9.47 Å². The topological polar surface area (TPSA) is 109 Å². The number of hydrogen-bond donors (Lipinski definition) is 3. The maximum Gasteiger partial charge on any atom is 0.310 e. The number of carboxylic acids is 1. The molecule has 0 amide bonds. The Kier molecular flexibility index (Phi) is 6.07. The smallest absolute Gasteiger partial charge is 0.310 e. The number of ether oxygens (including phenoxy) is 2. The Morgan fingerprint density at radius 3 is 2.54 bits per heavy atom. The fourth-order valence-corrected chi connectivity index (χ4v) is 5.79. The van der Waals surface area contributed by atoms with Crippen molar-refractivity contribution in [3.8, 4) is 11.5 Å². The van der Waals surface area contributed by atoms with Gasteiger partial charge in [0.05, 0.1) is 18.7 Å². The Morgan fingerprint density at radius 2 is 1.89 bits per heavy atom. The number of aromatic nitrogens is 1. The normalized spacial score (nSPS) is 28.7.